The molecule has 5 heteroatoms. The number of hydrogen-bond donors (Lipinski definition) is 2. The molecule has 0 atom stereocenters. The van der Waals surface area contributed by atoms with E-state index in [1.807, 2.05) is 12.1 Å². The van der Waals surface area contributed by atoms with Crippen LogP contribution in [-0.4, -0.2) is 30.1 Å². The highest BCUT2D eigenvalue weighted by Crippen LogP contribution is 2.18. The van der Waals surface area contributed by atoms with Crippen LogP contribution in [0.4, 0.5) is 0 Å². The highest BCUT2D eigenvalue weighted by atomic mass is 16.5. The maximum absolute atomic E-state index is 5.71. The molecule has 0 bridgehead atoms. The molecule has 0 aliphatic heterocycles. The Morgan fingerprint density at radius 2 is 2.13 bits per heavy atom. The van der Waals surface area contributed by atoms with Gasteiger partial charge in [-0.3, -0.25) is 0 Å². The Morgan fingerprint density at radius 1 is 1.30 bits per heavy atom. The van der Waals surface area contributed by atoms with Crippen LogP contribution in [0, 0.1) is 0 Å². The number of rotatable bonds is 7. The lowest BCUT2D eigenvalue weighted by molar-refractivity contribution is 0.302. The van der Waals surface area contributed by atoms with Crippen LogP contribution in [-0.2, 0) is 6.54 Å². The van der Waals surface area contributed by atoms with Gasteiger partial charge in [-0.15, -0.1) is 0 Å². The van der Waals surface area contributed by atoms with Gasteiger partial charge in [-0.1, -0.05) is 32.3 Å². The van der Waals surface area contributed by atoms with Crippen LogP contribution >= 0.6 is 0 Å². The number of nitrogens with zero attached hydrogens (tertiary/aromatic N) is 2. The van der Waals surface area contributed by atoms with Crippen molar-refractivity contribution in [3.05, 3.63) is 23.9 Å². The van der Waals surface area contributed by atoms with E-state index in [1.54, 1.807) is 6.20 Å². The minimum atomic E-state index is 0.547. The van der Waals surface area contributed by atoms with Crippen molar-refractivity contribution in [2.75, 3.05) is 13.2 Å². The van der Waals surface area contributed by atoms with E-state index in [2.05, 4.69) is 29.5 Å². The van der Waals surface area contributed by atoms with E-state index in [0.29, 0.717) is 25.1 Å². The first-order chi connectivity index (χ1) is 11.3. The third kappa shape index (κ3) is 6.08. The predicted molar refractivity (Wildman–Crippen MR) is 94.8 cm³/mol. The summed E-state index contributed by atoms with van der Waals surface area (Å²) >= 11 is 0. The van der Waals surface area contributed by atoms with Crippen LogP contribution in [0.5, 0.6) is 5.88 Å². The number of aliphatic imine (C=N–C) groups is 1. The molecule has 0 aromatic carbocycles. The third-order valence-corrected chi connectivity index (χ3v) is 3.99. The summed E-state index contributed by atoms with van der Waals surface area (Å²) in [6.07, 6.45) is 9.21. The smallest absolute Gasteiger partial charge is 0.218 e. The van der Waals surface area contributed by atoms with E-state index in [-0.39, 0.29) is 0 Å². The molecule has 0 spiro atoms. The molecule has 1 fully saturated rings. The van der Waals surface area contributed by atoms with Crippen molar-refractivity contribution in [3.8, 4) is 5.88 Å². The number of hydrogen-bond acceptors (Lipinski definition) is 3. The van der Waals surface area contributed by atoms with Crippen molar-refractivity contribution in [2.24, 2.45) is 4.99 Å². The molecule has 23 heavy (non-hydrogen) atoms. The van der Waals surface area contributed by atoms with Crippen molar-refractivity contribution >= 4 is 5.96 Å². The van der Waals surface area contributed by atoms with Crippen LogP contribution in [0.25, 0.3) is 0 Å². The summed E-state index contributed by atoms with van der Waals surface area (Å²) in [6.45, 7) is 6.32. The fourth-order valence-electron chi connectivity index (χ4n) is 2.80. The Kier molecular flexibility index (Phi) is 7.70. The second-order valence-corrected chi connectivity index (χ2v) is 5.99. The largest absolute Gasteiger partial charge is 0.477 e. The Morgan fingerprint density at radius 3 is 2.87 bits per heavy atom. The molecule has 2 N–H and O–H groups in total. The minimum Gasteiger partial charge on any atom is -0.477 e. The fourth-order valence-corrected chi connectivity index (χ4v) is 2.80. The number of guanidine groups is 1. The maximum Gasteiger partial charge on any atom is 0.218 e. The van der Waals surface area contributed by atoms with E-state index in [4.69, 9.17) is 9.73 Å². The number of nitrogens with one attached hydrogen (secondary N) is 2. The van der Waals surface area contributed by atoms with Gasteiger partial charge >= 0.3 is 0 Å². The van der Waals surface area contributed by atoms with Gasteiger partial charge in [0.25, 0.3) is 0 Å². The van der Waals surface area contributed by atoms with Crippen molar-refractivity contribution in [2.45, 2.75) is 65.0 Å². The summed E-state index contributed by atoms with van der Waals surface area (Å²) in [5, 5.41) is 6.91. The molecule has 1 aromatic heterocycles. The van der Waals surface area contributed by atoms with Gasteiger partial charge in [0.15, 0.2) is 5.96 Å². The first-order valence-electron chi connectivity index (χ1n) is 8.95. The molecule has 0 radical (unpaired) electrons. The van der Waals surface area contributed by atoms with E-state index in [9.17, 15) is 0 Å². The monoisotopic (exact) mass is 318 g/mol. The molecule has 0 saturated heterocycles. The van der Waals surface area contributed by atoms with Gasteiger partial charge in [-0.2, -0.15) is 0 Å². The zero-order valence-electron chi connectivity index (χ0n) is 14.5. The molecule has 1 aliphatic carbocycles. The quantitative estimate of drug-likeness (QED) is 0.598. The van der Waals surface area contributed by atoms with Crippen LogP contribution < -0.4 is 15.4 Å². The molecule has 1 aromatic rings. The highest BCUT2D eigenvalue weighted by Gasteiger charge is 2.14. The summed E-state index contributed by atoms with van der Waals surface area (Å²) in [5.41, 5.74) is 1.03. The summed E-state index contributed by atoms with van der Waals surface area (Å²) in [7, 11) is 0. The second-order valence-electron chi connectivity index (χ2n) is 5.99. The van der Waals surface area contributed by atoms with E-state index < -0.39 is 0 Å². The average molecular weight is 318 g/mol. The van der Waals surface area contributed by atoms with Gasteiger partial charge in [-0.05, 0) is 32.3 Å². The van der Waals surface area contributed by atoms with Crippen LogP contribution in [0.2, 0.25) is 0 Å². The van der Waals surface area contributed by atoms with Crippen LogP contribution in [0.3, 0.4) is 0 Å². The van der Waals surface area contributed by atoms with Crippen LogP contribution in [0.1, 0.15) is 57.9 Å². The molecule has 0 amide bonds. The normalized spacial score (nSPS) is 16.2. The molecule has 1 saturated carbocycles. The second kappa shape index (κ2) is 10.1. The Labute approximate surface area is 139 Å². The first-order valence-corrected chi connectivity index (χ1v) is 8.95. The Hall–Kier alpha value is -1.78. The van der Waals surface area contributed by atoms with Crippen molar-refractivity contribution in [1.29, 1.82) is 0 Å². The van der Waals surface area contributed by atoms with Crippen molar-refractivity contribution in [1.82, 2.24) is 15.6 Å². The van der Waals surface area contributed by atoms with Gasteiger partial charge in [0.2, 0.25) is 5.88 Å². The molecule has 5 nitrogen and oxygen atoms in total. The number of aromatic nitrogens is 1. The SMILES string of the molecule is CCCOc1ncccc1CN=C(NCC)NC1CCCCC1. The standard InChI is InChI=1S/C18H30N4O/c1-3-13-23-17-15(9-8-12-20-17)14-21-18(19-4-2)22-16-10-6-5-7-11-16/h8-9,12,16H,3-7,10-11,13-14H2,1-2H3,(H2,19,21,22). The predicted octanol–water partition coefficient (Wildman–Crippen LogP) is 3.26. The molecular weight excluding hydrogens is 288 g/mol. The highest BCUT2D eigenvalue weighted by molar-refractivity contribution is 5.80. The van der Waals surface area contributed by atoms with Crippen LogP contribution in [0.15, 0.2) is 23.3 Å². The molecule has 128 valence electrons. The molecule has 1 aliphatic rings. The third-order valence-electron chi connectivity index (χ3n) is 3.99. The lowest BCUT2D eigenvalue weighted by Crippen LogP contribution is -2.44. The topological polar surface area (TPSA) is 58.5 Å². The lowest BCUT2D eigenvalue weighted by Gasteiger charge is -2.24. The van der Waals surface area contributed by atoms with E-state index >= 15 is 0 Å². The molecule has 2 rings (SSSR count). The fraction of sp³-hybridized carbons (Fsp3) is 0.667. The molecule has 0 unspecified atom stereocenters. The Bertz CT molecular complexity index is 484. The average Bonchev–Trinajstić information content (AvgIpc) is 2.59. The van der Waals surface area contributed by atoms with Gasteiger partial charge in [-0.25, -0.2) is 9.98 Å². The zero-order chi connectivity index (χ0) is 16.3. The van der Waals surface area contributed by atoms with E-state index in [1.165, 1.54) is 32.1 Å². The zero-order valence-corrected chi connectivity index (χ0v) is 14.5. The summed E-state index contributed by atoms with van der Waals surface area (Å²) in [6, 6.07) is 4.52. The van der Waals surface area contributed by atoms with Gasteiger partial charge in [0.05, 0.1) is 13.2 Å². The van der Waals surface area contributed by atoms with Crippen molar-refractivity contribution < 1.29 is 4.74 Å². The minimum absolute atomic E-state index is 0.547. The number of pyridine rings is 1. The Balaban J connectivity index is 1.98. The first kappa shape index (κ1) is 17.6. The maximum atomic E-state index is 5.71. The summed E-state index contributed by atoms with van der Waals surface area (Å²) < 4.78 is 5.71. The molecule has 1 heterocycles. The number of ether oxygens (including phenoxy) is 1. The van der Waals surface area contributed by atoms with Gasteiger partial charge < -0.3 is 15.4 Å². The van der Waals surface area contributed by atoms with Gasteiger partial charge in [0, 0.05) is 24.3 Å². The summed E-state index contributed by atoms with van der Waals surface area (Å²) in [4.78, 5) is 9.04. The van der Waals surface area contributed by atoms with Gasteiger partial charge in [0.1, 0.15) is 0 Å². The van der Waals surface area contributed by atoms with E-state index in [0.717, 1.165) is 24.5 Å². The molecular formula is C18H30N4O. The summed E-state index contributed by atoms with van der Waals surface area (Å²) in [5.74, 6) is 1.59. The lowest BCUT2D eigenvalue weighted by atomic mass is 9.96. The van der Waals surface area contributed by atoms with Crippen molar-refractivity contribution in [3.63, 3.8) is 0 Å².